The first-order valence-corrected chi connectivity index (χ1v) is 11.7. The number of likely N-dealkylation sites (tertiary alicyclic amines) is 1. The summed E-state index contributed by atoms with van der Waals surface area (Å²) in [5.74, 6) is 0.899. The van der Waals surface area contributed by atoms with Gasteiger partial charge in [0.2, 0.25) is 11.8 Å². The highest BCUT2D eigenvalue weighted by atomic mass is 16.2. The Labute approximate surface area is 183 Å². The molecule has 1 N–H and O–H groups in total. The molecule has 166 valence electrons. The summed E-state index contributed by atoms with van der Waals surface area (Å²) in [5, 5.41) is 2.37. The molecule has 4 heterocycles. The number of fused-ring (bicyclic) bond motifs is 1. The van der Waals surface area contributed by atoms with E-state index in [9.17, 15) is 14.4 Å². The Balaban J connectivity index is 1.21. The summed E-state index contributed by atoms with van der Waals surface area (Å²) in [5.41, 5.74) is 2.78. The molecule has 1 aromatic rings. The van der Waals surface area contributed by atoms with Crippen molar-refractivity contribution in [1.29, 1.82) is 0 Å². The first-order valence-electron chi connectivity index (χ1n) is 11.7. The Morgan fingerprint density at radius 1 is 1.03 bits per heavy atom. The van der Waals surface area contributed by atoms with Gasteiger partial charge in [-0.2, -0.15) is 0 Å². The van der Waals surface area contributed by atoms with Crippen molar-refractivity contribution < 1.29 is 14.4 Å². The minimum Gasteiger partial charge on any atom is -0.371 e. The number of hydrogen-bond acceptors (Lipinski definition) is 5. The molecule has 0 saturated carbocycles. The highest BCUT2D eigenvalue weighted by Gasteiger charge is 2.39. The van der Waals surface area contributed by atoms with E-state index >= 15 is 0 Å². The predicted molar refractivity (Wildman–Crippen MR) is 118 cm³/mol. The monoisotopic (exact) mass is 424 g/mol. The van der Waals surface area contributed by atoms with Crippen molar-refractivity contribution in [3.05, 3.63) is 29.3 Å². The molecule has 3 amide bonds. The fourth-order valence-corrected chi connectivity index (χ4v) is 5.67. The molecule has 0 aromatic heterocycles. The summed E-state index contributed by atoms with van der Waals surface area (Å²) in [7, 11) is 0. The van der Waals surface area contributed by atoms with Crippen LogP contribution >= 0.6 is 0 Å². The van der Waals surface area contributed by atoms with Crippen molar-refractivity contribution in [2.45, 2.75) is 51.6 Å². The van der Waals surface area contributed by atoms with Crippen LogP contribution in [-0.2, 0) is 16.1 Å². The van der Waals surface area contributed by atoms with E-state index in [0.717, 1.165) is 36.2 Å². The zero-order valence-electron chi connectivity index (χ0n) is 18.3. The lowest BCUT2D eigenvalue weighted by molar-refractivity contribution is -0.136. The molecule has 3 fully saturated rings. The molecule has 0 spiro atoms. The second-order valence-corrected chi connectivity index (χ2v) is 9.83. The van der Waals surface area contributed by atoms with Crippen LogP contribution in [0.5, 0.6) is 0 Å². The van der Waals surface area contributed by atoms with E-state index in [0.29, 0.717) is 18.5 Å². The van der Waals surface area contributed by atoms with E-state index in [1.54, 1.807) is 4.90 Å². The van der Waals surface area contributed by atoms with E-state index in [-0.39, 0.29) is 24.1 Å². The first-order chi connectivity index (χ1) is 15.0. The third-order valence-electron chi connectivity index (χ3n) is 7.52. The number of carbonyl (C=O) groups excluding carboxylic acids is 3. The van der Waals surface area contributed by atoms with Crippen LogP contribution < -0.4 is 10.2 Å². The van der Waals surface area contributed by atoms with Gasteiger partial charge in [-0.1, -0.05) is 13.0 Å². The zero-order valence-corrected chi connectivity index (χ0v) is 18.3. The molecule has 7 heteroatoms. The van der Waals surface area contributed by atoms with Gasteiger partial charge in [0.15, 0.2) is 0 Å². The predicted octanol–water partition coefficient (Wildman–Crippen LogP) is 2.01. The first kappa shape index (κ1) is 20.5. The molecular weight excluding hydrogens is 392 g/mol. The number of imide groups is 1. The molecule has 3 saturated heterocycles. The topological polar surface area (TPSA) is 73.0 Å². The lowest BCUT2D eigenvalue weighted by atomic mass is 9.95. The van der Waals surface area contributed by atoms with E-state index in [1.807, 2.05) is 12.1 Å². The smallest absolute Gasteiger partial charge is 0.255 e. The quantitative estimate of drug-likeness (QED) is 0.749. The maximum atomic E-state index is 13.1. The third-order valence-corrected chi connectivity index (χ3v) is 7.52. The summed E-state index contributed by atoms with van der Waals surface area (Å²) < 4.78 is 0. The molecule has 5 rings (SSSR count). The van der Waals surface area contributed by atoms with Crippen LogP contribution in [0.1, 0.15) is 54.9 Å². The van der Waals surface area contributed by atoms with E-state index in [2.05, 4.69) is 28.1 Å². The third kappa shape index (κ3) is 4.07. The van der Waals surface area contributed by atoms with E-state index < -0.39 is 6.04 Å². The molecule has 2 unspecified atom stereocenters. The lowest BCUT2D eigenvalue weighted by Gasteiger charge is -2.35. The number of nitrogens with one attached hydrogen (secondary N) is 1. The van der Waals surface area contributed by atoms with Gasteiger partial charge in [-0.05, 0) is 61.8 Å². The summed E-state index contributed by atoms with van der Waals surface area (Å²) in [6.07, 6.45) is 4.40. The fourth-order valence-electron chi connectivity index (χ4n) is 5.67. The van der Waals surface area contributed by atoms with Crippen LogP contribution in [0.4, 0.5) is 5.69 Å². The molecule has 4 aliphatic heterocycles. The van der Waals surface area contributed by atoms with Crippen molar-refractivity contribution in [2.75, 3.05) is 37.6 Å². The standard InChI is InChI=1S/C24H32N4O3/c1-16-6-9-26(13-16)14-17-7-10-27(11-8-17)19-3-2-18-15-28(24(31)20(18)12-19)21-4-5-22(29)25-23(21)30/h2-3,12,16-17,21H,4-11,13-15H2,1H3,(H,25,29,30). The Kier molecular flexibility index (Phi) is 5.46. The normalized spacial score (nSPS) is 27.7. The van der Waals surface area contributed by atoms with Crippen molar-refractivity contribution in [3.63, 3.8) is 0 Å². The van der Waals surface area contributed by atoms with Crippen LogP contribution in [0.3, 0.4) is 0 Å². The molecule has 2 atom stereocenters. The van der Waals surface area contributed by atoms with Gasteiger partial charge in [-0.15, -0.1) is 0 Å². The van der Waals surface area contributed by atoms with Gasteiger partial charge in [0.1, 0.15) is 6.04 Å². The SMILES string of the molecule is CC1CCN(CC2CCN(c3ccc4c(c3)C(=O)N(C3CCC(=O)NC3=O)C4)CC2)C1. The van der Waals surface area contributed by atoms with Crippen molar-refractivity contribution in [3.8, 4) is 0 Å². The van der Waals surface area contributed by atoms with Gasteiger partial charge in [-0.3, -0.25) is 19.7 Å². The highest BCUT2D eigenvalue weighted by molar-refractivity contribution is 6.05. The summed E-state index contributed by atoms with van der Waals surface area (Å²) in [6, 6.07) is 5.60. The molecule has 31 heavy (non-hydrogen) atoms. The zero-order chi connectivity index (χ0) is 21.5. The highest BCUT2D eigenvalue weighted by Crippen LogP contribution is 2.32. The summed E-state index contributed by atoms with van der Waals surface area (Å²) >= 11 is 0. The van der Waals surface area contributed by atoms with Gasteiger partial charge >= 0.3 is 0 Å². The molecular formula is C24H32N4O3. The molecule has 0 bridgehead atoms. The number of hydrogen-bond donors (Lipinski definition) is 1. The Hall–Kier alpha value is -2.41. The van der Waals surface area contributed by atoms with Gasteiger partial charge in [0.05, 0.1) is 0 Å². The number of rotatable bonds is 4. The van der Waals surface area contributed by atoms with Gasteiger partial charge in [0, 0.05) is 50.4 Å². The van der Waals surface area contributed by atoms with Crippen LogP contribution in [0.15, 0.2) is 18.2 Å². The van der Waals surface area contributed by atoms with Gasteiger partial charge in [0.25, 0.3) is 5.91 Å². The fraction of sp³-hybridized carbons (Fsp3) is 0.625. The number of nitrogens with zero attached hydrogens (tertiary/aromatic N) is 3. The van der Waals surface area contributed by atoms with Crippen LogP contribution in [0, 0.1) is 11.8 Å². The molecule has 4 aliphatic rings. The molecule has 7 nitrogen and oxygen atoms in total. The number of amides is 3. The minimum atomic E-state index is -0.551. The van der Waals surface area contributed by atoms with Crippen molar-refractivity contribution >= 4 is 23.4 Å². The second-order valence-electron chi connectivity index (χ2n) is 9.83. The lowest BCUT2D eigenvalue weighted by Crippen LogP contribution is -2.52. The van der Waals surface area contributed by atoms with Crippen molar-refractivity contribution in [2.24, 2.45) is 11.8 Å². The average Bonchev–Trinajstić information content (AvgIpc) is 3.31. The van der Waals surface area contributed by atoms with E-state index in [4.69, 9.17) is 0 Å². The second kappa shape index (κ2) is 8.26. The summed E-state index contributed by atoms with van der Waals surface area (Å²) in [6.45, 7) is 8.56. The van der Waals surface area contributed by atoms with Crippen LogP contribution in [0.2, 0.25) is 0 Å². The molecule has 0 radical (unpaired) electrons. The Morgan fingerprint density at radius 3 is 2.55 bits per heavy atom. The maximum Gasteiger partial charge on any atom is 0.255 e. The van der Waals surface area contributed by atoms with Gasteiger partial charge in [-0.25, -0.2) is 0 Å². The molecule has 0 aliphatic carbocycles. The Bertz CT molecular complexity index is 893. The number of benzene rings is 1. The molecule has 1 aromatic carbocycles. The number of piperidine rings is 2. The average molecular weight is 425 g/mol. The minimum absolute atomic E-state index is 0.0932. The Morgan fingerprint density at radius 2 is 1.84 bits per heavy atom. The van der Waals surface area contributed by atoms with Crippen LogP contribution in [0.25, 0.3) is 0 Å². The van der Waals surface area contributed by atoms with Gasteiger partial charge < -0.3 is 14.7 Å². The summed E-state index contributed by atoms with van der Waals surface area (Å²) in [4.78, 5) is 43.4. The number of carbonyl (C=O) groups is 3. The maximum absolute atomic E-state index is 13.1. The van der Waals surface area contributed by atoms with E-state index in [1.165, 1.54) is 38.9 Å². The largest absolute Gasteiger partial charge is 0.371 e. The van der Waals surface area contributed by atoms with Crippen LogP contribution in [-0.4, -0.2) is 66.3 Å². The van der Waals surface area contributed by atoms with Crippen molar-refractivity contribution in [1.82, 2.24) is 15.1 Å². The number of anilines is 1.